The third-order valence-corrected chi connectivity index (χ3v) is 6.16. The molecule has 7 heteroatoms. The Hall–Kier alpha value is -1.99. The lowest BCUT2D eigenvalue weighted by atomic mass is 9.95. The van der Waals surface area contributed by atoms with E-state index >= 15 is 0 Å². The lowest BCUT2D eigenvalue weighted by Crippen LogP contribution is -3.13. The van der Waals surface area contributed by atoms with Gasteiger partial charge in [0.1, 0.15) is 16.5 Å². The normalized spacial score (nSPS) is 22.4. The smallest absolute Gasteiger partial charge is 0.235 e. The maximum atomic E-state index is 13.9. The fraction of sp³-hybridized carbons (Fsp3) is 0.444. The summed E-state index contributed by atoms with van der Waals surface area (Å²) in [7, 11) is 0. The minimum Gasteiger partial charge on any atom is -0.492 e. The molecule has 0 unspecified atom stereocenters. The lowest BCUT2D eigenvalue weighted by Gasteiger charge is -2.33. The van der Waals surface area contributed by atoms with E-state index in [1.807, 2.05) is 6.07 Å². The predicted molar refractivity (Wildman–Crippen MR) is 94.6 cm³/mol. The zero-order chi connectivity index (χ0) is 17.6. The first-order chi connectivity index (χ1) is 12.0. The van der Waals surface area contributed by atoms with Gasteiger partial charge in [0.05, 0.1) is 13.1 Å². The quantitative estimate of drug-likeness (QED) is 0.753. The Labute approximate surface area is 149 Å². The van der Waals surface area contributed by atoms with E-state index in [4.69, 9.17) is 0 Å². The number of aromatic hydroxyl groups is 1. The van der Waals surface area contributed by atoms with Crippen LogP contribution in [0.1, 0.15) is 42.1 Å². The van der Waals surface area contributed by atoms with Crippen LogP contribution in [0.5, 0.6) is 5.88 Å². The molecule has 132 valence electrons. The third kappa shape index (κ3) is 3.02. The average Bonchev–Trinajstić information content (AvgIpc) is 3.08. The van der Waals surface area contributed by atoms with Crippen molar-refractivity contribution in [1.29, 1.82) is 0 Å². The molecule has 4 rings (SSSR count). The molecule has 2 aromatic heterocycles. The number of piperidine rings is 1. The number of benzene rings is 1. The minimum atomic E-state index is -0.248. The van der Waals surface area contributed by atoms with Crippen molar-refractivity contribution in [3.05, 3.63) is 46.3 Å². The van der Waals surface area contributed by atoms with Crippen LogP contribution in [0, 0.1) is 18.7 Å². The van der Waals surface area contributed by atoms with E-state index in [1.54, 1.807) is 19.1 Å². The van der Waals surface area contributed by atoms with Crippen molar-refractivity contribution < 1.29 is 14.4 Å². The highest BCUT2D eigenvalue weighted by atomic mass is 32.1. The van der Waals surface area contributed by atoms with Crippen molar-refractivity contribution >= 4 is 16.3 Å². The number of nitrogens with one attached hydrogen (secondary N) is 1. The number of hydrogen-bond donors (Lipinski definition) is 2. The zero-order valence-electron chi connectivity index (χ0n) is 14.4. The standard InChI is InChI=1S/C18H21FN4OS/c1-11-6-8-22(9-7-11)15(13-4-3-5-14(19)10-13)16-17(24)23-18(25-16)20-12(2)21-23/h3-5,10-11,15,24H,6-9H2,1-2H3/p+1/t15-/m0/s1. The van der Waals surface area contributed by atoms with E-state index in [0.29, 0.717) is 10.8 Å². The second-order valence-corrected chi connectivity index (χ2v) is 7.98. The SMILES string of the molecule is Cc1nc2sc([C@H](c3cccc(F)c3)[NH+]3CCC(C)CC3)c(O)n2n1. The maximum Gasteiger partial charge on any atom is 0.235 e. The van der Waals surface area contributed by atoms with Crippen molar-refractivity contribution in [3.8, 4) is 5.88 Å². The predicted octanol–water partition coefficient (Wildman–Crippen LogP) is 2.35. The van der Waals surface area contributed by atoms with Crippen LogP contribution in [0.15, 0.2) is 24.3 Å². The molecule has 3 heterocycles. The number of nitrogens with zero attached hydrogens (tertiary/aromatic N) is 3. The highest BCUT2D eigenvalue weighted by Crippen LogP contribution is 2.35. The molecule has 0 aliphatic carbocycles. The van der Waals surface area contributed by atoms with Gasteiger partial charge in [0.2, 0.25) is 10.8 Å². The number of thiazole rings is 1. The minimum absolute atomic E-state index is 0.1000. The van der Waals surface area contributed by atoms with Crippen LogP contribution in [-0.4, -0.2) is 32.8 Å². The van der Waals surface area contributed by atoms with Gasteiger partial charge in [-0.15, -0.1) is 5.10 Å². The molecule has 1 atom stereocenters. The molecule has 25 heavy (non-hydrogen) atoms. The molecular weight excluding hydrogens is 339 g/mol. The van der Waals surface area contributed by atoms with Crippen molar-refractivity contribution in [1.82, 2.24) is 14.6 Å². The Morgan fingerprint density at radius 2 is 2.12 bits per heavy atom. The highest BCUT2D eigenvalue weighted by Gasteiger charge is 2.34. The number of halogens is 1. The zero-order valence-corrected chi connectivity index (χ0v) is 15.2. The monoisotopic (exact) mass is 361 g/mol. The summed E-state index contributed by atoms with van der Waals surface area (Å²) in [4.78, 5) is 7.22. The Balaban J connectivity index is 1.81. The summed E-state index contributed by atoms with van der Waals surface area (Å²) in [5, 5.41) is 15.0. The molecule has 2 N–H and O–H groups in total. The van der Waals surface area contributed by atoms with E-state index in [0.717, 1.165) is 42.3 Å². The van der Waals surface area contributed by atoms with Crippen LogP contribution >= 0.6 is 11.3 Å². The van der Waals surface area contributed by atoms with Crippen molar-refractivity contribution in [2.75, 3.05) is 13.1 Å². The van der Waals surface area contributed by atoms with Gasteiger partial charge in [-0.2, -0.15) is 4.52 Å². The third-order valence-electron chi connectivity index (χ3n) is 5.07. The fourth-order valence-corrected chi connectivity index (χ4v) is 4.90. The number of aryl methyl sites for hydroxylation is 1. The Kier molecular flexibility index (Phi) is 4.21. The topological polar surface area (TPSA) is 54.9 Å². The first kappa shape index (κ1) is 16.5. The summed E-state index contributed by atoms with van der Waals surface area (Å²) < 4.78 is 15.4. The van der Waals surface area contributed by atoms with Crippen LogP contribution in [0.4, 0.5) is 4.39 Å². The van der Waals surface area contributed by atoms with Gasteiger partial charge in [0.25, 0.3) is 0 Å². The molecular formula is C18H22FN4OS+. The molecule has 1 fully saturated rings. The van der Waals surface area contributed by atoms with Gasteiger partial charge in [-0.05, 0) is 37.8 Å². The number of rotatable bonds is 3. The van der Waals surface area contributed by atoms with Crippen molar-refractivity contribution in [2.45, 2.75) is 32.7 Å². The summed E-state index contributed by atoms with van der Waals surface area (Å²) in [6.07, 6.45) is 2.28. The van der Waals surface area contributed by atoms with Crippen LogP contribution < -0.4 is 4.90 Å². The summed E-state index contributed by atoms with van der Waals surface area (Å²) in [6, 6.07) is 6.62. The summed E-state index contributed by atoms with van der Waals surface area (Å²) in [5.41, 5.74) is 0.890. The van der Waals surface area contributed by atoms with E-state index in [1.165, 1.54) is 26.8 Å². The average molecular weight is 361 g/mol. The van der Waals surface area contributed by atoms with Gasteiger partial charge in [0, 0.05) is 5.56 Å². The Morgan fingerprint density at radius 3 is 2.80 bits per heavy atom. The van der Waals surface area contributed by atoms with Gasteiger partial charge in [0.15, 0.2) is 6.04 Å². The molecule has 0 spiro atoms. The molecule has 1 aromatic carbocycles. The molecule has 1 aliphatic rings. The van der Waals surface area contributed by atoms with Gasteiger partial charge >= 0.3 is 0 Å². The van der Waals surface area contributed by atoms with E-state index in [-0.39, 0.29) is 17.7 Å². The van der Waals surface area contributed by atoms with Crippen LogP contribution in [0.25, 0.3) is 4.96 Å². The van der Waals surface area contributed by atoms with Gasteiger partial charge in [-0.3, -0.25) is 0 Å². The second-order valence-electron chi connectivity index (χ2n) is 6.97. The molecule has 5 nitrogen and oxygen atoms in total. The highest BCUT2D eigenvalue weighted by molar-refractivity contribution is 7.17. The van der Waals surface area contributed by atoms with Crippen molar-refractivity contribution in [2.24, 2.45) is 5.92 Å². The van der Waals surface area contributed by atoms with Crippen LogP contribution in [0.3, 0.4) is 0 Å². The van der Waals surface area contributed by atoms with E-state index in [9.17, 15) is 9.50 Å². The molecule has 1 saturated heterocycles. The Bertz CT molecular complexity index is 898. The number of aromatic nitrogens is 3. The summed E-state index contributed by atoms with van der Waals surface area (Å²) in [5.74, 6) is 1.23. The molecule has 3 aromatic rings. The first-order valence-electron chi connectivity index (χ1n) is 8.68. The lowest BCUT2D eigenvalue weighted by molar-refractivity contribution is -0.931. The number of fused-ring (bicyclic) bond motifs is 1. The van der Waals surface area contributed by atoms with Gasteiger partial charge in [-0.1, -0.05) is 30.4 Å². The van der Waals surface area contributed by atoms with Crippen molar-refractivity contribution in [3.63, 3.8) is 0 Å². The Morgan fingerprint density at radius 1 is 1.36 bits per heavy atom. The van der Waals surface area contributed by atoms with E-state index < -0.39 is 0 Å². The number of likely N-dealkylation sites (tertiary alicyclic amines) is 1. The second kappa shape index (κ2) is 6.38. The molecule has 1 aliphatic heterocycles. The maximum absolute atomic E-state index is 13.9. The first-order valence-corrected chi connectivity index (χ1v) is 9.49. The number of hydrogen-bond acceptors (Lipinski definition) is 4. The molecule has 0 bridgehead atoms. The largest absolute Gasteiger partial charge is 0.492 e. The summed E-state index contributed by atoms with van der Waals surface area (Å²) >= 11 is 1.44. The van der Waals surface area contributed by atoms with E-state index in [2.05, 4.69) is 17.0 Å². The summed E-state index contributed by atoms with van der Waals surface area (Å²) in [6.45, 7) is 6.10. The van der Waals surface area contributed by atoms with Crippen LogP contribution in [-0.2, 0) is 0 Å². The van der Waals surface area contributed by atoms with Gasteiger partial charge < -0.3 is 10.0 Å². The fourth-order valence-electron chi connectivity index (χ4n) is 3.72. The van der Waals surface area contributed by atoms with Crippen LogP contribution in [0.2, 0.25) is 0 Å². The molecule has 0 amide bonds. The molecule has 0 radical (unpaired) electrons. The number of quaternary nitrogens is 1. The van der Waals surface area contributed by atoms with Gasteiger partial charge in [-0.25, -0.2) is 9.37 Å². The molecule has 0 saturated carbocycles.